The molecule has 8 nitrogen and oxygen atoms in total. The maximum absolute atomic E-state index is 11.3. The first-order valence-corrected chi connectivity index (χ1v) is 6.15. The van der Waals surface area contributed by atoms with E-state index in [-0.39, 0.29) is 24.9 Å². The minimum atomic E-state index is -1.69. The lowest BCUT2D eigenvalue weighted by molar-refractivity contribution is -0.126. The zero-order valence-electron chi connectivity index (χ0n) is 10.9. The maximum Gasteiger partial charge on any atom is 0.220 e. The van der Waals surface area contributed by atoms with Crippen molar-refractivity contribution in [2.24, 2.45) is 5.73 Å². The van der Waals surface area contributed by atoms with Crippen LogP contribution in [0.25, 0.3) is 0 Å². The van der Waals surface area contributed by atoms with Crippen molar-refractivity contribution in [3.63, 3.8) is 0 Å². The second kappa shape index (κ2) is 9.18. The molecule has 0 spiro atoms. The van der Waals surface area contributed by atoms with Gasteiger partial charge in [-0.05, 0) is 13.3 Å². The van der Waals surface area contributed by atoms with Crippen molar-refractivity contribution in [1.82, 2.24) is 5.32 Å². The second-order valence-corrected chi connectivity index (χ2v) is 4.62. The van der Waals surface area contributed by atoms with Gasteiger partial charge in [-0.2, -0.15) is 0 Å². The lowest BCUT2D eigenvalue weighted by Gasteiger charge is -2.25. The summed E-state index contributed by atoms with van der Waals surface area (Å²) in [7, 11) is 0. The molecule has 0 aliphatic carbocycles. The van der Waals surface area contributed by atoms with Gasteiger partial charge in [0, 0.05) is 19.0 Å². The standard InChI is InChI=1S/C11H24N2O6/c1-6(12)2-3-9(17)13-4-7(15)10(18)11(19)8(16)5-14/h6-8,10-11,14-16,18-19H,2-5,12H2,1H3,(H,13,17)/t6?,7-,8+,10+,11+/m0/s1. The molecule has 114 valence electrons. The first kappa shape index (κ1) is 18.2. The molecule has 0 saturated heterocycles. The summed E-state index contributed by atoms with van der Waals surface area (Å²) in [4.78, 5) is 11.3. The Kier molecular flexibility index (Phi) is 8.81. The minimum absolute atomic E-state index is 0.109. The summed E-state index contributed by atoms with van der Waals surface area (Å²) in [6.45, 7) is 0.748. The normalized spacial score (nSPS) is 19.3. The van der Waals surface area contributed by atoms with Crippen LogP contribution in [0.3, 0.4) is 0 Å². The Hall–Kier alpha value is -0.770. The van der Waals surface area contributed by atoms with Crippen molar-refractivity contribution < 1.29 is 30.3 Å². The van der Waals surface area contributed by atoms with Crippen LogP contribution in [0.15, 0.2) is 0 Å². The van der Waals surface area contributed by atoms with E-state index in [1.165, 1.54) is 0 Å². The van der Waals surface area contributed by atoms with E-state index < -0.39 is 31.0 Å². The van der Waals surface area contributed by atoms with Crippen LogP contribution in [0, 0.1) is 0 Å². The van der Waals surface area contributed by atoms with Gasteiger partial charge >= 0.3 is 0 Å². The van der Waals surface area contributed by atoms with Crippen molar-refractivity contribution >= 4 is 5.91 Å². The van der Waals surface area contributed by atoms with Gasteiger partial charge in [-0.1, -0.05) is 0 Å². The Labute approximate surface area is 111 Å². The van der Waals surface area contributed by atoms with Crippen LogP contribution in [0.4, 0.5) is 0 Å². The third kappa shape index (κ3) is 7.41. The monoisotopic (exact) mass is 280 g/mol. The Balaban J connectivity index is 4.02. The van der Waals surface area contributed by atoms with Crippen LogP contribution in [0.5, 0.6) is 0 Å². The quantitative estimate of drug-likeness (QED) is 0.233. The highest BCUT2D eigenvalue weighted by atomic mass is 16.4. The number of nitrogens with two attached hydrogens (primary N) is 1. The average Bonchev–Trinajstić information content (AvgIpc) is 2.39. The molecule has 0 radical (unpaired) electrons. The van der Waals surface area contributed by atoms with Gasteiger partial charge in [-0.25, -0.2) is 0 Å². The highest BCUT2D eigenvalue weighted by molar-refractivity contribution is 5.75. The molecule has 0 aliphatic rings. The predicted octanol–water partition coefficient (Wildman–Crippen LogP) is -3.33. The number of aliphatic hydroxyl groups excluding tert-OH is 5. The molecule has 0 aromatic rings. The number of nitrogens with one attached hydrogen (secondary N) is 1. The highest BCUT2D eigenvalue weighted by Gasteiger charge is 2.30. The maximum atomic E-state index is 11.3. The predicted molar refractivity (Wildman–Crippen MR) is 67.0 cm³/mol. The summed E-state index contributed by atoms with van der Waals surface area (Å²) >= 11 is 0. The SMILES string of the molecule is CC(N)CCC(=O)NC[C@H](O)[C@@H](O)[C@H](O)[C@H](O)CO. The van der Waals surface area contributed by atoms with Crippen LogP contribution >= 0.6 is 0 Å². The molecule has 0 heterocycles. The summed E-state index contributed by atoms with van der Waals surface area (Å²) in [5.41, 5.74) is 5.48. The Morgan fingerprint density at radius 1 is 1.16 bits per heavy atom. The minimum Gasteiger partial charge on any atom is -0.394 e. The molecule has 0 fully saturated rings. The number of carbonyl (C=O) groups is 1. The zero-order chi connectivity index (χ0) is 15.0. The van der Waals surface area contributed by atoms with Gasteiger partial charge < -0.3 is 36.6 Å². The summed E-state index contributed by atoms with van der Waals surface area (Å²) in [5, 5.41) is 48.4. The van der Waals surface area contributed by atoms with Gasteiger partial charge in [-0.3, -0.25) is 4.79 Å². The number of aliphatic hydroxyl groups is 5. The fourth-order valence-electron chi connectivity index (χ4n) is 1.35. The summed E-state index contributed by atoms with van der Waals surface area (Å²) in [6, 6.07) is -0.109. The van der Waals surface area contributed by atoms with Crippen LogP contribution < -0.4 is 11.1 Å². The van der Waals surface area contributed by atoms with E-state index in [4.69, 9.17) is 15.9 Å². The van der Waals surface area contributed by atoms with Crippen LogP contribution in [-0.4, -0.2) is 75.0 Å². The van der Waals surface area contributed by atoms with Crippen LogP contribution in [0.1, 0.15) is 19.8 Å². The molecule has 1 unspecified atom stereocenters. The molecule has 5 atom stereocenters. The van der Waals surface area contributed by atoms with E-state index in [9.17, 15) is 20.1 Å². The van der Waals surface area contributed by atoms with Crippen molar-refractivity contribution in [3.8, 4) is 0 Å². The first-order chi connectivity index (χ1) is 8.79. The van der Waals surface area contributed by atoms with Crippen molar-refractivity contribution in [1.29, 1.82) is 0 Å². The Morgan fingerprint density at radius 2 is 1.68 bits per heavy atom. The molecule has 19 heavy (non-hydrogen) atoms. The van der Waals surface area contributed by atoms with E-state index in [0.717, 1.165) is 0 Å². The molecular weight excluding hydrogens is 256 g/mol. The Bertz CT molecular complexity index is 264. The van der Waals surface area contributed by atoms with Crippen molar-refractivity contribution in [2.75, 3.05) is 13.2 Å². The Morgan fingerprint density at radius 3 is 2.16 bits per heavy atom. The lowest BCUT2D eigenvalue weighted by Crippen LogP contribution is -2.49. The van der Waals surface area contributed by atoms with E-state index in [0.29, 0.717) is 6.42 Å². The van der Waals surface area contributed by atoms with Gasteiger partial charge in [-0.15, -0.1) is 0 Å². The van der Waals surface area contributed by atoms with Crippen molar-refractivity contribution in [2.45, 2.75) is 50.2 Å². The van der Waals surface area contributed by atoms with Gasteiger partial charge in [0.2, 0.25) is 5.91 Å². The smallest absolute Gasteiger partial charge is 0.220 e. The summed E-state index contributed by atoms with van der Waals surface area (Å²) < 4.78 is 0. The van der Waals surface area contributed by atoms with E-state index in [2.05, 4.69) is 5.32 Å². The van der Waals surface area contributed by atoms with Gasteiger partial charge in [0.1, 0.15) is 18.3 Å². The number of rotatable bonds is 9. The molecule has 0 rings (SSSR count). The van der Waals surface area contributed by atoms with Crippen LogP contribution in [0.2, 0.25) is 0 Å². The van der Waals surface area contributed by atoms with E-state index >= 15 is 0 Å². The van der Waals surface area contributed by atoms with Gasteiger partial charge in [0.25, 0.3) is 0 Å². The topological polar surface area (TPSA) is 156 Å². The fourth-order valence-corrected chi connectivity index (χ4v) is 1.35. The largest absolute Gasteiger partial charge is 0.394 e. The van der Waals surface area contributed by atoms with Gasteiger partial charge in [0.05, 0.1) is 12.7 Å². The number of amides is 1. The fraction of sp³-hybridized carbons (Fsp3) is 0.909. The van der Waals surface area contributed by atoms with Crippen molar-refractivity contribution in [3.05, 3.63) is 0 Å². The summed E-state index contributed by atoms with van der Waals surface area (Å²) in [5.74, 6) is -0.333. The molecule has 8 N–H and O–H groups in total. The second-order valence-electron chi connectivity index (χ2n) is 4.62. The van der Waals surface area contributed by atoms with E-state index in [1.54, 1.807) is 6.92 Å². The molecule has 0 aromatic heterocycles. The molecule has 0 aliphatic heterocycles. The van der Waals surface area contributed by atoms with E-state index in [1.807, 2.05) is 0 Å². The number of hydrogen-bond donors (Lipinski definition) is 7. The highest BCUT2D eigenvalue weighted by Crippen LogP contribution is 2.04. The molecule has 0 saturated carbocycles. The molecule has 1 amide bonds. The zero-order valence-corrected chi connectivity index (χ0v) is 10.9. The lowest BCUT2D eigenvalue weighted by atomic mass is 10.0. The molecule has 0 bridgehead atoms. The number of hydrogen-bond acceptors (Lipinski definition) is 7. The number of carbonyl (C=O) groups excluding carboxylic acids is 1. The molecule has 8 heteroatoms. The molecular formula is C11H24N2O6. The first-order valence-electron chi connectivity index (χ1n) is 6.15. The van der Waals surface area contributed by atoms with Crippen LogP contribution in [-0.2, 0) is 4.79 Å². The average molecular weight is 280 g/mol. The third-order valence-corrected chi connectivity index (χ3v) is 2.66. The van der Waals surface area contributed by atoms with Gasteiger partial charge in [0.15, 0.2) is 0 Å². The third-order valence-electron chi connectivity index (χ3n) is 2.66. The summed E-state index contributed by atoms with van der Waals surface area (Å²) in [6.07, 6.45) is -5.68. The molecule has 0 aromatic carbocycles.